The van der Waals surface area contributed by atoms with Gasteiger partial charge in [0.2, 0.25) is 0 Å². The van der Waals surface area contributed by atoms with Gasteiger partial charge in [-0.05, 0) is 92.8 Å². The Kier molecular flexibility index (Phi) is 3.16. The minimum Gasteiger partial charge on any atom is -0.390 e. The number of aliphatic hydroxyl groups is 2. The molecule has 8 atom stereocenters. The zero-order valence-electron chi connectivity index (χ0n) is 14.9. The van der Waals surface area contributed by atoms with E-state index in [1.165, 1.54) is 25.7 Å². The molecule has 4 aliphatic carbocycles. The predicted molar refractivity (Wildman–Crippen MR) is 91.5 cm³/mol. The zero-order valence-corrected chi connectivity index (χ0v) is 14.9. The Morgan fingerprint density at radius 1 is 0.957 bits per heavy atom. The minimum absolute atomic E-state index is 0.0817. The highest BCUT2D eigenvalue weighted by Crippen LogP contribution is 2.69. The second-order valence-corrected chi connectivity index (χ2v) is 9.98. The number of fused-ring (bicyclic) bond motifs is 5. The first-order chi connectivity index (χ1) is 10.7. The Labute approximate surface area is 141 Å². The number of hydrogen-bond acceptors (Lipinski definition) is 2. The lowest BCUT2D eigenvalue weighted by molar-refractivity contribution is -0.133. The standard InChI is InChI=1S/C21H32O2/c1-5-21(23)12-14-6-7-15-16(18(14,2)13-21)8-10-19(3)17(15)9-11-20(19,4)22/h1,14-17,22-23H,6-13H2,2-4H3/t14-,15+,16-,17-,18-,19-,20-,21+/m0/s1. The molecule has 23 heavy (non-hydrogen) atoms. The SMILES string of the molecule is C#C[C@@]1(O)C[C@@H]2CC[C@@H]3[C@H](CC[C@@]4(C)[C@H]3CC[C@]4(C)O)[C@@]2(C)C1. The summed E-state index contributed by atoms with van der Waals surface area (Å²) in [4.78, 5) is 0. The molecule has 0 radical (unpaired) electrons. The van der Waals surface area contributed by atoms with Crippen LogP contribution in [0.25, 0.3) is 0 Å². The highest BCUT2D eigenvalue weighted by Gasteiger charge is 2.65. The summed E-state index contributed by atoms with van der Waals surface area (Å²) in [5, 5.41) is 21.7. The van der Waals surface area contributed by atoms with Gasteiger partial charge in [0, 0.05) is 0 Å². The molecular weight excluding hydrogens is 284 g/mol. The average molecular weight is 316 g/mol. The molecule has 128 valence electrons. The van der Waals surface area contributed by atoms with Gasteiger partial charge in [-0.15, -0.1) is 6.42 Å². The molecule has 4 fully saturated rings. The molecule has 0 spiro atoms. The van der Waals surface area contributed by atoms with Gasteiger partial charge in [-0.1, -0.05) is 19.8 Å². The van der Waals surface area contributed by atoms with Crippen LogP contribution in [0.1, 0.15) is 72.1 Å². The Hall–Kier alpha value is -0.520. The first-order valence-corrected chi connectivity index (χ1v) is 9.58. The van der Waals surface area contributed by atoms with E-state index in [-0.39, 0.29) is 10.8 Å². The normalized spacial score (nSPS) is 61.4. The van der Waals surface area contributed by atoms with Crippen LogP contribution in [0.3, 0.4) is 0 Å². The van der Waals surface area contributed by atoms with Gasteiger partial charge in [0.25, 0.3) is 0 Å². The van der Waals surface area contributed by atoms with E-state index in [0.717, 1.165) is 25.7 Å². The van der Waals surface area contributed by atoms with Gasteiger partial charge in [0.15, 0.2) is 0 Å². The summed E-state index contributed by atoms with van der Waals surface area (Å²) in [6.07, 6.45) is 14.1. The minimum atomic E-state index is -0.879. The molecule has 0 aromatic carbocycles. The summed E-state index contributed by atoms with van der Waals surface area (Å²) in [6.45, 7) is 6.80. The van der Waals surface area contributed by atoms with Crippen molar-refractivity contribution in [3.05, 3.63) is 0 Å². The predicted octanol–water partition coefficient (Wildman–Crippen LogP) is 3.75. The molecule has 0 aromatic rings. The second kappa shape index (κ2) is 4.55. The summed E-state index contributed by atoms with van der Waals surface area (Å²) < 4.78 is 0. The quantitative estimate of drug-likeness (QED) is 0.668. The fourth-order valence-corrected chi connectivity index (χ4v) is 7.61. The first kappa shape index (κ1) is 16.0. The van der Waals surface area contributed by atoms with E-state index in [1.807, 2.05) is 0 Å². The topological polar surface area (TPSA) is 40.5 Å². The number of rotatable bonds is 0. The van der Waals surface area contributed by atoms with Crippen LogP contribution >= 0.6 is 0 Å². The van der Waals surface area contributed by atoms with Gasteiger partial charge in [-0.2, -0.15) is 0 Å². The van der Waals surface area contributed by atoms with E-state index in [4.69, 9.17) is 6.42 Å². The number of hydrogen-bond donors (Lipinski definition) is 2. The van der Waals surface area contributed by atoms with Crippen LogP contribution in [0.2, 0.25) is 0 Å². The molecule has 0 bridgehead atoms. The third-order valence-corrected chi connectivity index (χ3v) is 9.15. The van der Waals surface area contributed by atoms with Gasteiger partial charge in [-0.25, -0.2) is 0 Å². The van der Waals surface area contributed by atoms with E-state index in [9.17, 15) is 10.2 Å². The summed E-state index contributed by atoms with van der Waals surface area (Å²) in [5.74, 6) is 5.31. The maximum Gasteiger partial charge on any atom is 0.126 e. The average Bonchev–Trinajstić information content (AvgIpc) is 2.90. The van der Waals surface area contributed by atoms with Crippen molar-refractivity contribution in [3.63, 3.8) is 0 Å². The molecule has 2 N–H and O–H groups in total. The highest BCUT2D eigenvalue weighted by atomic mass is 16.3. The zero-order chi connectivity index (χ0) is 16.7. The van der Waals surface area contributed by atoms with Crippen LogP contribution in [-0.4, -0.2) is 21.4 Å². The molecule has 0 aliphatic heterocycles. The van der Waals surface area contributed by atoms with E-state index in [2.05, 4.69) is 26.7 Å². The van der Waals surface area contributed by atoms with E-state index in [1.54, 1.807) is 0 Å². The first-order valence-electron chi connectivity index (χ1n) is 9.58. The van der Waals surface area contributed by atoms with Crippen molar-refractivity contribution in [1.29, 1.82) is 0 Å². The van der Waals surface area contributed by atoms with Gasteiger partial charge in [-0.3, -0.25) is 0 Å². The Bertz CT molecular complexity index is 561. The van der Waals surface area contributed by atoms with Crippen LogP contribution in [0.5, 0.6) is 0 Å². The lowest BCUT2D eigenvalue weighted by Gasteiger charge is -2.58. The van der Waals surface area contributed by atoms with Crippen LogP contribution < -0.4 is 0 Å². The van der Waals surface area contributed by atoms with Gasteiger partial charge >= 0.3 is 0 Å². The molecule has 4 saturated carbocycles. The van der Waals surface area contributed by atoms with Gasteiger partial charge in [0.1, 0.15) is 5.60 Å². The van der Waals surface area contributed by atoms with Crippen molar-refractivity contribution in [2.75, 3.05) is 0 Å². The lowest BCUT2D eigenvalue weighted by atomic mass is 9.47. The maximum atomic E-state index is 10.9. The largest absolute Gasteiger partial charge is 0.390 e. The molecule has 0 heterocycles. The summed E-state index contributed by atoms with van der Waals surface area (Å²) in [7, 11) is 0. The molecule has 0 unspecified atom stereocenters. The van der Waals surface area contributed by atoms with Crippen molar-refractivity contribution in [2.45, 2.75) is 83.3 Å². The maximum absolute atomic E-state index is 10.9. The van der Waals surface area contributed by atoms with E-state index < -0.39 is 11.2 Å². The van der Waals surface area contributed by atoms with E-state index >= 15 is 0 Å². The molecule has 0 saturated heterocycles. The molecule has 4 rings (SSSR count). The second-order valence-electron chi connectivity index (χ2n) is 9.98. The smallest absolute Gasteiger partial charge is 0.126 e. The Balaban J connectivity index is 1.67. The Morgan fingerprint density at radius 3 is 2.35 bits per heavy atom. The Morgan fingerprint density at radius 2 is 1.65 bits per heavy atom. The molecule has 0 aromatic heterocycles. The molecule has 2 nitrogen and oxygen atoms in total. The van der Waals surface area contributed by atoms with Crippen molar-refractivity contribution < 1.29 is 10.2 Å². The fraction of sp³-hybridized carbons (Fsp3) is 0.905. The van der Waals surface area contributed by atoms with Crippen LogP contribution in [0.15, 0.2) is 0 Å². The monoisotopic (exact) mass is 316 g/mol. The van der Waals surface area contributed by atoms with Crippen LogP contribution in [0.4, 0.5) is 0 Å². The van der Waals surface area contributed by atoms with Crippen LogP contribution in [0, 0.1) is 46.8 Å². The van der Waals surface area contributed by atoms with Crippen molar-refractivity contribution in [3.8, 4) is 12.3 Å². The molecule has 2 heteroatoms. The third kappa shape index (κ3) is 1.90. The lowest BCUT2D eigenvalue weighted by Crippen LogP contribution is -2.54. The highest BCUT2D eigenvalue weighted by molar-refractivity contribution is 5.20. The van der Waals surface area contributed by atoms with E-state index in [0.29, 0.717) is 23.7 Å². The molecule has 0 amide bonds. The van der Waals surface area contributed by atoms with Crippen LogP contribution in [-0.2, 0) is 0 Å². The van der Waals surface area contributed by atoms with Gasteiger partial charge < -0.3 is 10.2 Å². The fourth-order valence-electron chi connectivity index (χ4n) is 7.61. The van der Waals surface area contributed by atoms with Crippen molar-refractivity contribution in [1.82, 2.24) is 0 Å². The molecule has 4 aliphatic rings. The summed E-state index contributed by atoms with van der Waals surface area (Å²) >= 11 is 0. The summed E-state index contributed by atoms with van der Waals surface area (Å²) in [6, 6.07) is 0. The third-order valence-electron chi connectivity index (χ3n) is 9.15. The van der Waals surface area contributed by atoms with Crippen molar-refractivity contribution in [2.24, 2.45) is 34.5 Å². The summed E-state index contributed by atoms with van der Waals surface area (Å²) in [5.41, 5.74) is -1.11. The number of terminal acetylenes is 1. The van der Waals surface area contributed by atoms with Gasteiger partial charge in [0.05, 0.1) is 5.60 Å². The molecular formula is C21H32O2. The van der Waals surface area contributed by atoms with Crippen molar-refractivity contribution >= 4 is 0 Å².